The van der Waals surface area contributed by atoms with Crippen LogP contribution in [0.25, 0.3) is 0 Å². The van der Waals surface area contributed by atoms with E-state index >= 15 is 0 Å². The second-order valence-electron chi connectivity index (χ2n) is 8.44. The van der Waals surface area contributed by atoms with Crippen LogP contribution in [0.4, 0.5) is 10.5 Å². The fourth-order valence-electron chi connectivity index (χ4n) is 4.01. The van der Waals surface area contributed by atoms with Gasteiger partial charge in [-0.25, -0.2) is 9.80 Å². The zero-order chi connectivity index (χ0) is 25.5. The van der Waals surface area contributed by atoms with Gasteiger partial charge in [-0.2, -0.15) is 5.10 Å². The summed E-state index contributed by atoms with van der Waals surface area (Å²) < 4.78 is 10.5. The van der Waals surface area contributed by atoms with Gasteiger partial charge in [0.05, 0.1) is 36.0 Å². The number of hydrazone groups is 1. The van der Waals surface area contributed by atoms with Crippen LogP contribution in [0.15, 0.2) is 71.1 Å². The first-order valence-electron chi connectivity index (χ1n) is 11.7. The quantitative estimate of drug-likeness (QED) is 0.446. The number of ether oxygens (including phenoxy) is 2. The number of hydrogen-bond acceptors (Lipinski definition) is 6. The summed E-state index contributed by atoms with van der Waals surface area (Å²) in [6, 6.07) is 18.6. The summed E-state index contributed by atoms with van der Waals surface area (Å²) in [5.74, 6) is 0.270. The summed E-state index contributed by atoms with van der Waals surface area (Å²) in [5, 5.41) is 11.1. The number of thiophene rings is 1. The molecule has 0 spiro atoms. The molecule has 2 heterocycles. The maximum Gasteiger partial charge on any atom is 0.322 e. The first kappa shape index (κ1) is 25.4. The summed E-state index contributed by atoms with van der Waals surface area (Å²) in [6.45, 7) is 2.42. The third-order valence-corrected chi connectivity index (χ3v) is 6.88. The number of carbonyl (C=O) groups is 2. The largest absolute Gasteiger partial charge is 0.495 e. The Balaban J connectivity index is 1.56. The van der Waals surface area contributed by atoms with Gasteiger partial charge in [-0.3, -0.25) is 4.79 Å². The van der Waals surface area contributed by atoms with Crippen LogP contribution in [-0.2, 0) is 9.53 Å². The third kappa shape index (κ3) is 5.92. The van der Waals surface area contributed by atoms with Crippen molar-refractivity contribution in [2.24, 2.45) is 5.10 Å². The van der Waals surface area contributed by atoms with Gasteiger partial charge in [-0.1, -0.05) is 48.0 Å². The number of methoxy groups -OCH3 is 2. The number of hydrogen-bond donors (Lipinski definition) is 1. The Morgan fingerprint density at radius 1 is 1.11 bits per heavy atom. The summed E-state index contributed by atoms with van der Waals surface area (Å²) in [5.41, 5.74) is 3.54. The Labute approximate surface area is 215 Å². The molecule has 0 unspecified atom stereocenters. The minimum absolute atomic E-state index is 0.145. The van der Waals surface area contributed by atoms with Crippen LogP contribution < -0.4 is 10.1 Å². The number of para-hydroxylation sites is 2. The number of nitrogens with one attached hydrogen (secondary N) is 1. The highest BCUT2D eigenvalue weighted by atomic mass is 32.1. The number of benzene rings is 2. The van der Waals surface area contributed by atoms with E-state index in [1.54, 1.807) is 43.8 Å². The highest BCUT2D eigenvalue weighted by Crippen LogP contribution is 2.34. The highest BCUT2D eigenvalue weighted by molar-refractivity contribution is 7.12. The number of carbonyl (C=O) groups excluding carboxylic acids is 2. The summed E-state index contributed by atoms with van der Waals surface area (Å²) in [4.78, 5) is 29.2. The summed E-state index contributed by atoms with van der Waals surface area (Å²) in [7, 11) is 3.10. The smallest absolute Gasteiger partial charge is 0.322 e. The van der Waals surface area contributed by atoms with Crippen molar-refractivity contribution in [2.45, 2.75) is 19.4 Å². The van der Waals surface area contributed by atoms with E-state index in [1.807, 2.05) is 54.8 Å². The minimum atomic E-state index is -0.418. The third-order valence-electron chi connectivity index (χ3n) is 5.96. The van der Waals surface area contributed by atoms with Gasteiger partial charge in [-0.05, 0) is 36.1 Å². The molecule has 0 radical (unpaired) electrons. The maximum atomic E-state index is 13.6. The molecule has 9 heteroatoms. The van der Waals surface area contributed by atoms with E-state index in [-0.39, 0.29) is 31.6 Å². The van der Waals surface area contributed by atoms with E-state index in [2.05, 4.69) is 5.32 Å². The molecule has 2 aromatic carbocycles. The van der Waals surface area contributed by atoms with E-state index in [4.69, 9.17) is 14.6 Å². The van der Waals surface area contributed by atoms with Crippen molar-refractivity contribution >= 4 is 34.7 Å². The summed E-state index contributed by atoms with van der Waals surface area (Å²) in [6.07, 6.45) is 0.612. The molecule has 1 atom stereocenters. The molecule has 1 aliphatic rings. The molecule has 4 rings (SSSR count). The van der Waals surface area contributed by atoms with Crippen LogP contribution >= 0.6 is 11.3 Å². The molecule has 1 aliphatic heterocycles. The highest BCUT2D eigenvalue weighted by Gasteiger charge is 2.34. The zero-order valence-corrected chi connectivity index (χ0v) is 21.5. The van der Waals surface area contributed by atoms with Crippen LogP contribution in [-0.4, -0.2) is 61.5 Å². The van der Waals surface area contributed by atoms with Crippen LogP contribution in [0, 0.1) is 6.92 Å². The van der Waals surface area contributed by atoms with Gasteiger partial charge in [0.1, 0.15) is 12.3 Å². The van der Waals surface area contributed by atoms with E-state index in [0.29, 0.717) is 17.9 Å². The molecule has 3 amide bonds. The van der Waals surface area contributed by atoms with E-state index in [9.17, 15) is 9.59 Å². The van der Waals surface area contributed by atoms with Crippen LogP contribution in [0.2, 0.25) is 0 Å². The molecule has 36 heavy (non-hydrogen) atoms. The van der Waals surface area contributed by atoms with Gasteiger partial charge in [0, 0.05) is 20.1 Å². The van der Waals surface area contributed by atoms with Crippen molar-refractivity contribution in [1.82, 2.24) is 9.91 Å². The number of anilines is 1. The summed E-state index contributed by atoms with van der Waals surface area (Å²) >= 11 is 1.60. The van der Waals surface area contributed by atoms with Crippen molar-refractivity contribution in [3.63, 3.8) is 0 Å². The molecular weight excluding hydrogens is 476 g/mol. The van der Waals surface area contributed by atoms with Crippen molar-refractivity contribution in [3.8, 4) is 5.75 Å². The lowest BCUT2D eigenvalue weighted by atomic mass is 10.00. The van der Waals surface area contributed by atoms with Gasteiger partial charge in [0.15, 0.2) is 0 Å². The fourth-order valence-corrected chi connectivity index (χ4v) is 4.73. The van der Waals surface area contributed by atoms with Crippen LogP contribution in [0.1, 0.15) is 28.5 Å². The molecular formula is C27H30N4O4S. The minimum Gasteiger partial charge on any atom is -0.495 e. The van der Waals surface area contributed by atoms with Gasteiger partial charge in [0.2, 0.25) is 0 Å². The fraction of sp³-hybridized carbons (Fsp3) is 0.296. The van der Waals surface area contributed by atoms with E-state index in [0.717, 1.165) is 21.7 Å². The average Bonchev–Trinajstić information content (AvgIpc) is 3.58. The van der Waals surface area contributed by atoms with E-state index < -0.39 is 6.03 Å². The molecule has 0 fully saturated rings. The second kappa shape index (κ2) is 11.8. The molecule has 3 aromatic rings. The molecule has 1 aromatic heterocycles. The van der Waals surface area contributed by atoms with Crippen LogP contribution in [0.3, 0.4) is 0 Å². The van der Waals surface area contributed by atoms with E-state index in [1.165, 1.54) is 9.91 Å². The van der Waals surface area contributed by atoms with Crippen molar-refractivity contribution in [2.75, 3.05) is 39.2 Å². The first-order valence-corrected chi connectivity index (χ1v) is 12.6. The van der Waals surface area contributed by atoms with Gasteiger partial charge in [-0.15, -0.1) is 11.3 Å². The zero-order valence-electron chi connectivity index (χ0n) is 20.6. The topological polar surface area (TPSA) is 83.5 Å². The van der Waals surface area contributed by atoms with Gasteiger partial charge >= 0.3 is 6.03 Å². The van der Waals surface area contributed by atoms with Crippen molar-refractivity contribution in [1.29, 1.82) is 0 Å². The lowest BCUT2D eigenvalue weighted by Gasteiger charge is -2.27. The average molecular weight is 507 g/mol. The van der Waals surface area contributed by atoms with Gasteiger partial charge in [0.25, 0.3) is 5.91 Å². The molecule has 0 saturated heterocycles. The Morgan fingerprint density at radius 2 is 1.89 bits per heavy atom. The monoisotopic (exact) mass is 506 g/mol. The predicted octanol–water partition coefficient (Wildman–Crippen LogP) is 4.92. The lowest BCUT2D eigenvalue weighted by molar-refractivity contribution is -0.133. The normalized spacial score (nSPS) is 14.9. The predicted molar refractivity (Wildman–Crippen MR) is 142 cm³/mol. The molecule has 8 nitrogen and oxygen atoms in total. The SMILES string of the molecule is COCCN(CC(=O)N1N=C(c2cccs2)C[C@H]1c1ccc(C)cc1)C(=O)Nc1ccccc1OC. The van der Waals surface area contributed by atoms with Crippen LogP contribution in [0.5, 0.6) is 5.75 Å². The number of rotatable bonds is 9. The number of amides is 3. The number of nitrogens with zero attached hydrogens (tertiary/aromatic N) is 3. The van der Waals surface area contributed by atoms with Crippen molar-refractivity contribution in [3.05, 3.63) is 82.0 Å². The molecule has 0 saturated carbocycles. The maximum absolute atomic E-state index is 13.6. The molecule has 0 aliphatic carbocycles. The Morgan fingerprint density at radius 3 is 2.58 bits per heavy atom. The molecule has 1 N–H and O–H groups in total. The van der Waals surface area contributed by atoms with Crippen molar-refractivity contribution < 1.29 is 19.1 Å². The first-order chi connectivity index (χ1) is 17.5. The van der Waals surface area contributed by atoms with Gasteiger partial charge < -0.3 is 19.7 Å². The number of aryl methyl sites for hydroxylation is 1. The Bertz CT molecular complexity index is 1210. The second-order valence-corrected chi connectivity index (χ2v) is 9.39. The molecule has 188 valence electrons. The standard InChI is InChI=1S/C27H30N4O4S/c1-19-10-12-20(13-11-19)23-17-22(25-9-6-16-36-25)29-31(23)26(32)18-30(14-15-34-2)27(33)28-21-7-4-5-8-24(21)35-3/h4-13,16,23H,14-15,17-18H2,1-3H3,(H,28,33)/t23-/m0/s1. The Kier molecular flexibility index (Phi) is 8.35. The molecule has 0 bridgehead atoms. The lowest BCUT2D eigenvalue weighted by Crippen LogP contribution is -2.44. The Hall–Kier alpha value is -3.69. The number of urea groups is 1.